The van der Waals surface area contributed by atoms with Crippen LogP contribution in [0.5, 0.6) is 0 Å². The summed E-state index contributed by atoms with van der Waals surface area (Å²) in [6.45, 7) is 0.409. The molecule has 1 amide bonds. The van der Waals surface area contributed by atoms with Crippen molar-refractivity contribution in [1.29, 1.82) is 0 Å². The van der Waals surface area contributed by atoms with Gasteiger partial charge >= 0.3 is 0 Å². The zero-order chi connectivity index (χ0) is 11.3. The lowest BCUT2D eigenvalue weighted by molar-refractivity contribution is 0.0803. The molecule has 0 spiro atoms. The summed E-state index contributed by atoms with van der Waals surface area (Å²) in [7, 11) is 1.66. The highest BCUT2D eigenvalue weighted by molar-refractivity contribution is 7.11. The van der Waals surface area contributed by atoms with Gasteiger partial charge in [0.25, 0.3) is 5.91 Å². The van der Waals surface area contributed by atoms with Crippen molar-refractivity contribution in [3.63, 3.8) is 0 Å². The summed E-state index contributed by atoms with van der Waals surface area (Å²) in [5.41, 5.74) is 6.89. The van der Waals surface area contributed by atoms with Crippen LogP contribution in [0.25, 0.3) is 0 Å². The van der Waals surface area contributed by atoms with Gasteiger partial charge in [-0.15, -0.1) is 11.3 Å². The van der Waals surface area contributed by atoms with E-state index in [4.69, 9.17) is 10.9 Å². The highest BCUT2D eigenvalue weighted by atomic mass is 32.1. The fraction of sp³-hybridized carbons (Fsp3) is 0.375. The fourth-order valence-corrected chi connectivity index (χ4v) is 1.56. The van der Waals surface area contributed by atoms with Crippen LogP contribution in [-0.4, -0.2) is 40.4 Å². The Morgan fingerprint density at radius 2 is 2.53 bits per heavy atom. The largest absolute Gasteiger partial charge is 0.409 e. The minimum absolute atomic E-state index is 0.108. The van der Waals surface area contributed by atoms with Crippen molar-refractivity contribution >= 4 is 23.1 Å². The van der Waals surface area contributed by atoms with Crippen molar-refractivity contribution in [1.82, 2.24) is 9.88 Å². The highest BCUT2D eigenvalue weighted by Gasteiger charge is 2.12. The quantitative estimate of drug-likeness (QED) is 0.336. The predicted octanol–water partition coefficient (Wildman–Crippen LogP) is 0.352. The lowest BCUT2D eigenvalue weighted by Crippen LogP contribution is -2.30. The summed E-state index contributed by atoms with van der Waals surface area (Å²) in [5.74, 6) is 0.00203. The zero-order valence-electron chi connectivity index (χ0n) is 8.25. The van der Waals surface area contributed by atoms with Gasteiger partial charge in [0.2, 0.25) is 0 Å². The van der Waals surface area contributed by atoms with Gasteiger partial charge in [-0.3, -0.25) is 9.78 Å². The number of carbonyl (C=O) groups excluding carboxylic acids is 1. The Kier molecular flexibility index (Phi) is 4.04. The average molecular weight is 228 g/mol. The molecule has 1 rings (SSSR count). The van der Waals surface area contributed by atoms with Crippen molar-refractivity contribution < 1.29 is 10.0 Å². The summed E-state index contributed by atoms with van der Waals surface area (Å²) >= 11 is 1.29. The third kappa shape index (κ3) is 3.21. The summed E-state index contributed by atoms with van der Waals surface area (Å²) < 4.78 is 0. The molecular weight excluding hydrogens is 216 g/mol. The van der Waals surface area contributed by atoms with Gasteiger partial charge in [0.15, 0.2) is 0 Å². The minimum atomic E-state index is -0.108. The second kappa shape index (κ2) is 5.30. The third-order valence-electron chi connectivity index (χ3n) is 1.82. The molecule has 0 radical (unpaired) electrons. The molecule has 6 nitrogen and oxygen atoms in total. The molecule has 0 saturated heterocycles. The van der Waals surface area contributed by atoms with E-state index >= 15 is 0 Å². The first kappa shape index (κ1) is 11.4. The van der Waals surface area contributed by atoms with Crippen molar-refractivity contribution in [2.45, 2.75) is 6.42 Å². The summed E-state index contributed by atoms with van der Waals surface area (Å²) in [4.78, 5) is 17.6. The van der Waals surface area contributed by atoms with Crippen molar-refractivity contribution in [3.8, 4) is 0 Å². The van der Waals surface area contributed by atoms with E-state index in [0.717, 1.165) is 0 Å². The molecule has 1 aromatic rings. The molecule has 1 heterocycles. The molecule has 0 aliphatic carbocycles. The van der Waals surface area contributed by atoms with Crippen LogP contribution in [0.4, 0.5) is 0 Å². The van der Waals surface area contributed by atoms with E-state index in [1.54, 1.807) is 12.6 Å². The molecule has 0 atom stereocenters. The number of thiazole rings is 1. The average Bonchev–Trinajstić information content (AvgIpc) is 2.77. The number of hydrogen-bond acceptors (Lipinski definition) is 5. The summed E-state index contributed by atoms with van der Waals surface area (Å²) in [6, 6.07) is 0. The van der Waals surface area contributed by atoms with E-state index in [-0.39, 0.29) is 11.7 Å². The molecule has 0 bridgehead atoms. The topological polar surface area (TPSA) is 91.8 Å². The SMILES string of the molecule is CN(CCC(N)=NO)C(=O)c1cncs1. The Balaban J connectivity index is 2.48. The van der Waals surface area contributed by atoms with Crippen molar-refractivity contribution in [3.05, 3.63) is 16.6 Å². The van der Waals surface area contributed by atoms with Crippen LogP contribution < -0.4 is 5.73 Å². The number of nitrogens with two attached hydrogens (primary N) is 1. The molecule has 3 N–H and O–H groups in total. The number of carbonyl (C=O) groups is 1. The Labute approximate surface area is 91.0 Å². The number of nitrogens with zero attached hydrogens (tertiary/aromatic N) is 3. The number of oxime groups is 1. The lowest BCUT2D eigenvalue weighted by Gasteiger charge is -2.14. The van der Waals surface area contributed by atoms with E-state index in [9.17, 15) is 4.79 Å². The van der Waals surface area contributed by atoms with Gasteiger partial charge in [-0.2, -0.15) is 0 Å². The second-order valence-corrected chi connectivity index (χ2v) is 3.82. The Morgan fingerprint density at radius 3 is 3.07 bits per heavy atom. The van der Waals surface area contributed by atoms with Crippen LogP contribution in [-0.2, 0) is 0 Å². The van der Waals surface area contributed by atoms with Gasteiger partial charge in [0.1, 0.15) is 10.7 Å². The maximum atomic E-state index is 11.7. The van der Waals surface area contributed by atoms with E-state index < -0.39 is 0 Å². The zero-order valence-corrected chi connectivity index (χ0v) is 9.07. The van der Waals surface area contributed by atoms with Crippen LogP contribution >= 0.6 is 11.3 Å². The molecular formula is C8H12N4O2S. The first-order chi connectivity index (χ1) is 7.15. The third-order valence-corrected chi connectivity index (χ3v) is 2.58. The molecule has 0 aliphatic heterocycles. The Hall–Kier alpha value is -1.63. The predicted molar refractivity (Wildman–Crippen MR) is 57.1 cm³/mol. The maximum absolute atomic E-state index is 11.7. The second-order valence-electron chi connectivity index (χ2n) is 2.93. The normalized spacial score (nSPS) is 11.4. The number of amidine groups is 1. The van der Waals surface area contributed by atoms with Crippen molar-refractivity contribution in [2.24, 2.45) is 10.9 Å². The number of amides is 1. The monoisotopic (exact) mass is 228 g/mol. The van der Waals surface area contributed by atoms with Crippen LogP contribution in [0.15, 0.2) is 16.9 Å². The highest BCUT2D eigenvalue weighted by Crippen LogP contribution is 2.08. The molecule has 15 heavy (non-hydrogen) atoms. The van der Waals surface area contributed by atoms with Crippen LogP contribution in [0.2, 0.25) is 0 Å². The maximum Gasteiger partial charge on any atom is 0.265 e. The number of rotatable bonds is 4. The molecule has 0 aliphatic rings. The van der Waals surface area contributed by atoms with Gasteiger partial charge in [-0.05, 0) is 0 Å². The molecule has 0 fully saturated rings. The van der Waals surface area contributed by atoms with E-state index in [1.165, 1.54) is 22.4 Å². The Bertz CT molecular complexity index is 350. The molecule has 82 valence electrons. The van der Waals surface area contributed by atoms with Crippen LogP contribution in [0, 0.1) is 0 Å². The van der Waals surface area contributed by atoms with E-state index in [1.807, 2.05) is 0 Å². The van der Waals surface area contributed by atoms with Gasteiger partial charge in [0, 0.05) is 20.0 Å². The standard InChI is InChI=1S/C8H12N4O2S/c1-12(3-2-7(9)11-14)8(13)6-4-10-5-15-6/h4-5,14H,2-3H2,1H3,(H2,9,11). The van der Waals surface area contributed by atoms with E-state index in [2.05, 4.69) is 10.1 Å². The van der Waals surface area contributed by atoms with Gasteiger partial charge in [-0.25, -0.2) is 0 Å². The molecule has 0 unspecified atom stereocenters. The first-order valence-corrected chi connectivity index (χ1v) is 5.13. The van der Waals surface area contributed by atoms with Crippen LogP contribution in [0.3, 0.4) is 0 Å². The van der Waals surface area contributed by atoms with Crippen LogP contribution in [0.1, 0.15) is 16.1 Å². The lowest BCUT2D eigenvalue weighted by atomic mass is 10.3. The summed E-state index contributed by atoms with van der Waals surface area (Å²) in [5, 5.41) is 11.2. The Morgan fingerprint density at radius 1 is 1.80 bits per heavy atom. The van der Waals surface area contributed by atoms with E-state index in [0.29, 0.717) is 17.8 Å². The smallest absolute Gasteiger partial charge is 0.265 e. The minimum Gasteiger partial charge on any atom is -0.409 e. The first-order valence-electron chi connectivity index (χ1n) is 4.25. The number of hydrogen-bond donors (Lipinski definition) is 2. The fourth-order valence-electron chi connectivity index (χ4n) is 0.943. The van der Waals surface area contributed by atoms with Crippen molar-refractivity contribution in [2.75, 3.05) is 13.6 Å². The van der Waals surface area contributed by atoms with Gasteiger partial charge in [0.05, 0.1) is 11.7 Å². The van der Waals surface area contributed by atoms with Gasteiger partial charge < -0.3 is 15.8 Å². The molecule has 0 aromatic carbocycles. The summed E-state index contributed by atoms with van der Waals surface area (Å²) in [6.07, 6.45) is 1.87. The molecule has 0 saturated carbocycles. The van der Waals surface area contributed by atoms with Gasteiger partial charge in [-0.1, -0.05) is 5.16 Å². The molecule has 1 aromatic heterocycles. The number of aromatic nitrogens is 1. The molecule has 7 heteroatoms.